The van der Waals surface area contributed by atoms with Gasteiger partial charge in [-0.2, -0.15) is 4.98 Å². The number of terminal acetylenes is 1. The first kappa shape index (κ1) is 28.8. The maximum atomic E-state index is 17.0. The zero-order valence-electron chi connectivity index (χ0n) is 25.1. The van der Waals surface area contributed by atoms with Gasteiger partial charge in [0.2, 0.25) is 5.95 Å². The number of fused-ring (bicyclic) bond motifs is 4. The minimum atomic E-state index is -1.27. The van der Waals surface area contributed by atoms with E-state index >= 15 is 4.39 Å². The van der Waals surface area contributed by atoms with Crippen molar-refractivity contribution in [1.29, 1.82) is 0 Å². The lowest BCUT2D eigenvalue weighted by Gasteiger charge is -2.37. The predicted molar refractivity (Wildman–Crippen MR) is 166 cm³/mol. The summed E-state index contributed by atoms with van der Waals surface area (Å²) in [7, 11) is 0. The summed E-state index contributed by atoms with van der Waals surface area (Å²) in [6, 6.07) is 6.19. The van der Waals surface area contributed by atoms with Gasteiger partial charge in [-0.25, -0.2) is 13.8 Å². The van der Waals surface area contributed by atoms with Crippen LogP contribution < -0.4 is 9.80 Å². The van der Waals surface area contributed by atoms with E-state index in [-0.39, 0.29) is 34.5 Å². The van der Waals surface area contributed by atoms with Crippen LogP contribution in [-0.4, -0.2) is 69.2 Å². The van der Waals surface area contributed by atoms with Crippen LogP contribution in [0.2, 0.25) is 0 Å². The summed E-state index contributed by atoms with van der Waals surface area (Å²) in [5.41, 5.74) is -1.24. The van der Waals surface area contributed by atoms with Crippen LogP contribution in [0.25, 0.3) is 32.9 Å². The third-order valence-corrected chi connectivity index (χ3v) is 9.29. The molecule has 2 N–H and O–H groups in total. The third-order valence-electron chi connectivity index (χ3n) is 9.29. The van der Waals surface area contributed by atoms with E-state index in [0.29, 0.717) is 72.5 Å². The minimum Gasteiger partial charge on any atom is -0.390 e. The number of aliphatic hydroxyl groups is 2. The molecule has 5 heterocycles. The minimum absolute atomic E-state index is 0.00526. The number of halogens is 2. The topological polar surface area (TPSA) is 94.8 Å². The van der Waals surface area contributed by atoms with Crippen LogP contribution in [0.4, 0.5) is 20.5 Å². The number of piperidine rings is 1. The van der Waals surface area contributed by atoms with Crippen molar-refractivity contribution in [3.8, 4) is 23.6 Å². The highest BCUT2D eigenvalue weighted by atomic mass is 19.1. The van der Waals surface area contributed by atoms with E-state index in [0.717, 1.165) is 12.8 Å². The molecule has 0 aliphatic carbocycles. The van der Waals surface area contributed by atoms with Crippen molar-refractivity contribution >= 4 is 33.4 Å². The van der Waals surface area contributed by atoms with Crippen molar-refractivity contribution in [2.75, 3.05) is 36.0 Å². The van der Waals surface area contributed by atoms with Crippen LogP contribution in [0.3, 0.4) is 0 Å². The molecule has 0 unspecified atom stereocenters. The molecule has 2 aromatic carbocycles. The van der Waals surface area contributed by atoms with Crippen LogP contribution in [0.5, 0.6) is 0 Å². The van der Waals surface area contributed by atoms with E-state index in [4.69, 9.17) is 21.1 Å². The highest BCUT2D eigenvalue weighted by Crippen LogP contribution is 2.40. The Morgan fingerprint density at radius 2 is 1.77 bits per heavy atom. The summed E-state index contributed by atoms with van der Waals surface area (Å²) < 4.78 is 38.0. The molecule has 0 amide bonds. The van der Waals surface area contributed by atoms with Gasteiger partial charge >= 0.3 is 0 Å². The molecule has 8 nitrogen and oxygen atoms in total. The van der Waals surface area contributed by atoms with E-state index in [2.05, 4.69) is 15.8 Å². The Bertz CT molecular complexity index is 1830. The number of pyridine rings is 1. The third kappa shape index (κ3) is 4.93. The fourth-order valence-electron chi connectivity index (χ4n) is 6.70. The Labute approximate surface area is 254 Å². The number of morpholine rings is 1. The van der Waals surface area contributed by atoms with Gasteiger partial charge in [0.05, 0.1) is 34.4 Å². The predicted octanol–water partition coefficient (Wildman–Crippen LogP) is 5.05. The summed E-state index contributed by atoms with van der Waals surface area (Å²) in [6.07, 6.45) is 10.5. The lowest BCUT2D eigenvalue weighted by molar-refractivity contribution is 0.0302. The number of aromatic nitrogens is 3. The maximum Gasteiger partial charge on any atom is 0.228 e. The van der Waals surface area contributed by atoms with Gasteiger partial charge in [-0.1, -0.05) is 12.0 Å². The Morgan fingerprint density at radius 3 is 2.43 bits per heavy atom. The van der Waals surface area contributed by atoms with Gasteiger partial charge in [0, 0.05) is 43.3 Å². The SMILES string of the molecule is C#Cc1c(F)ccc2cc(C(C)(C)O)cc(-c3ncc4c(N5C[C@H]6CC[C@@H](C5)O6)nc(N5CCC(C)(O)CC5)nc4c3F)c12. The number of nitrogens with zero attached hydrogens (tertiary/aromatic N) is 5. The molecule has 228 valence electrons. The second kappa shape index (κ2) is 10.3. The molecule has 3 fully saturated rings. The summed E-state index contributed by atoms with van der Waals surface area (Å²) in [4.78, 5) is 18.4. The number of ether oxygens (including phenoxy) is 1. The molecule has 3 saturated heterocycles. The van der Waals surface area contributed by atoms with Gasteiger partial charge in [0.1, 0.15) is 22.8 Å². The van der Waals surface area contributed by atoms with E-state index in [1.54, 1.807) is 38.2 Å². The Morgan fingerprint density at radius 1 is 1.07 bits per heavy atom. The molecule has 3 aliphatic heterocycles. The lowest BCUT2D eigenvalue weighted by atomic mass is 9.89. The summed E-state index contributed by atoms with van der Waals surface area (Å²) in [6.45, 7) is 7.38. The standard InChI is InChI=1S/C34H35F2N5O3/c1-5-23-26(35)9-6-19-14-20(33(2,3)42)15-24(27(19)23)29-28(36)30-25(16-37-29)31(41-17-21-7-8-22(18-41)44-21)39-32(38-30)40-12-10-34(4,43)11-13-40/h1,6,9,14-16,21-22,42-43H,7-8,10-13,17-18H2,2-4H3/t21-,22+. The summed E-state index contributed by atoms with van der Waals surface area (Å²) in [5.74, 6) is 2.11. The number of anilines is 2. The normalized spacial score (nSPS) is 21.7. The molecule has 0 radical (unpaired) electrons. The number of benzene rings is 2. The Kier molecular flexibility index (Phi) is 6.77. The molecular weight excluding hydrogens is 564 g/mol. The van der Waals surface area contributed by atoms with Crippen molar-refractivity contribution in [1.82, 2.24) is 15.0 Å². The van der Waals surface area contributed by atoms with Gasteiger partial charge in [-0.05, 0) is 75.6 Å². The zero-order valence-corrected chi connectivity index (χ0v) is 25.1. The van der Waals surface area contributed by atoms with Crippen molar-refractivity contribution in [3.63, 3.8) is 0 Å². The monoisotopic (exact) mass is 599 g/mol. The van der Waals surface area contributed by atoms with Gasteiger partial charge in [0.25, 0.3) is 0 Å². The average molecular weight is 600 g/mol. The second-order valence-corrected chi connectivity index (χ2v) is 13.1. The fourth-order valence-corrected chi connectivity index (χ4v) is 6.70. The molecule has 2 bridgehead atoms. The quantitative estimate of drug-likeness (QED) is 0.315. The lowest BCUT2D eigenvalue weighted by Crippen LogP contribution is -2.44. The van der Waals surface area contributed by atoms with Crippen molar-refractivity contribution < 1.29 is 23.7 Å². The van der Waals surface area contributed by atoms with Crippen LogP contribution in [-0.2, 0) is 10.3 Å². The van der Waals surface area contributed by atoms with Gasteiger partial charge in [-0.3, -0.25) is 4.98 Å². The van der Waals surface area contributed by atoms with E-state index in [1.807, 2.05) is 11.8 Å². The van der Waals surface area contributed by atoms with E-state index < -0.39 is 22.8 Å². The number of hydrogen-bond acceptors (Lipinski definition) is 8. The van der Waals surface area contributed by atoms with Gasteiger partial charge in [-0.15, -0.1) is 6.42 Å². The molecule has 3 aliphatic rings. The number of rotatable bonds is 4. The van der Waals surface area contributed by atoms with E-state index in [9.17, 15) is 14.6 Å². The molecule has 4 aromatic rings. The van der Waals surface area contributed by atoms with Crippen molar-refractivity contribution in [2.45, 2.75) is 69.9 Å². The average Bonchev–Trinajstić information content (AvgIpc) is 3.33. The molecule has 2 atom stereocenters. The van der Waals surface area contributed by atoms with Crippen LogP contribution in [0, 0.1) is 24.0 Å². The van der Waals surface area contributed by atoms with Crippen molar-refractivity contribution in [3.05, 3.63) is 53.2 Å². The molecule has 2 aromatic heterocycles. The molecule has 0 spiro atoms. The smallest absolute Gasteiger partial charge is 0.228 e. The molecule has 7 rings (SSSR count). The molecule has 0 saturated carbocycles. The highest BCUT2D eigenvalue weighted by Gasteiger charge is 2.36. The largest absolute Gasteiger partial charge is 0.390 e. The summed E-state index contributed by atoms with van der Waals surface area (Å²) in [5, 5.41) is 22.8. The van der Waals surface area contributed by atoms with Crippen molar-refractivity contribution in [2.24, 2.45) is 0 Å². The van der Waals surface area contributed by atoms with Gasteiger partial charge in [0.15, 0.2) is 5.82 Å². The van der Waals surface area contributed by atoms with Gasteiger partial charge < -0.3 is 24.7 Å². The second-order valence-electron chi connectivity index (χ2n) is 13.1. The Balaban J connectivity index is 1.46. The Hall–Kier alpha value is -3.91. The number of hydrogen-bond donors (Lipinski definition) is 2. The summed E-state index contributed by atoms with van der Waals surface area (Å²) >= 11 is 0. The first-order valence-electron chi connectivity index (χ1n) is 15.1. The zero-order chi connectivity index (χ0) is 31.0. The highest BCUT2D eigenvalue weighted by molar-refractivity contribution is 6.02. The molecular formula is C34H35F2N5O3. The first-order chi connectivity index (χ1) is 20.9. The fraction of sp³-hybridized carbons (Fsp3) is 0.441. The maximum absolute atomic E-state index is 17.0. The van der Waals surface area contributed by atoms with Crippen LogP contribution >= 0.6 is 0 Å². The molecule has 10 heteroatoms. The van der Waals surface area contributed by atoms with Crippen LogP contribution in [0.15, 0.2) is 30.5 Å². The van der Waals surface area contributed by atoms with E-state index in [1.165, 1.54) is 6.07 Å². The first-order valence-corrected chi connectivity index (χ1v) is 15.1. The molecule has 44 heavy (non-hydrogen) atoms. The van der Waals surface area contributed by atoms with Crippen LogP contribution in [0.1, 0.15) is 57.6 Å².